The Kier molecular flexibility index (Phi) is 5.03. The average molecular weight is 284 g/mol. The molecule has 0 aliphatic carbocycles. The number of nitriles is 1. The summed E-state index contributed by atoms with van der Waals surface area (Å²) in [6, 6.07) is 7.82. The number of nitrogens with zero attached hydrogens (tertiary/aromatic N) is 1. The van der Waals surface area contributed by atoms with Crippen molar-refractivity contribution >= 4 is 10.0 Å². The van der Waals surface area contributed by atoms with E-state index in [0.717, 1.165) is 0 Å². The first-order valence-corrected chi connectivity index (χ1v) is 7.07. The zero-order valence-corrected chi connectivity index (χ0v) is 11.3. The molecule has 0 spiro atoms. The van der Waals surface area contributed by atoms with Crippen molar-refractivity contribution in [2.45, 2.75) is 23.8 Å². The Morgan fingerprint density at radius 1 is 1.26 bits per heavy atom. The first-order valence-electron chi connectivity index (χ1n) is 5.58. The standard InChI is InChI=1S/C12H16N2O4S/c1-12(8-15,9-16)14-19(17,18)11-4-2-10(3-5-11)6-7-13/h2-5,14-16H,6,8-9H2,1H3. The van der Waals surface area contributed by atoms with Crippen LogP contribution < -0.4 is 4.72 Å². The van der Waals surface area contributed by atoms with Crippen LogP contribution in [0.3, 0.4) is 0 Å². The van der Waals surface area contributed by atoms with Gasteiger partial charge in [-0.2, -0.15) is 5.26 Å². The van der Waals surface area contributed by atoms with Gasteiger partial charge in [0.2, 0.25) is 10.0 Å². The number of aliphatic hydroxyl groups is 2. The molecule has 0 saturated heterocycles. The van der Waals surface area contributed by atoms with Gasteiger partial charge in [0.1, 0.15) is 0 Å². The average Bonchev–Trinajstić information content (AvgIpc) is 2.39. The summed E-state index contributed by atoms with van der Waals surface area (Å²) in [5, 5.41) is 26.7. The molecule has 6 nitrogen and oxygen atoms in total. The van der Waals surface area contributed by atoms with Crippen LogP contribution in [0.25, 0.3) is 0 Å². The number of sulfonamides is 1. The lowest BCUT2D eigenvalue weighted by molar-refractivity contribution is 0.122. The van der Waals surface area contributed by atoms with Crippen molar-refractivity contribution in [1.82, 2.24) is 4.72 Å². The molecule has 104 valence electrons. The maximum atomic E-state index is 12.0. The van der Waals surface area contributed by atoms with Gasteiger partial charge in [-0.25, -0.2) is 13.1 Å². The van der Waals surface area contributed by atoms with Crippen molar-refractivity contribution in [1.29, 1.82) is 5.26 Å². The fourth-order valence-electron chi connectivity index (χ4n) is 1.38. The number of hydrogen-bond acceptors (Lipinski definition) is 5. The fourth-order valence-corrected chi connectivity index (χ4v) is 2.77. The molecule has 7 heteroatoms. The highest BCUT2D eigenvalue weighted by atomic mass is 32.2. The van der Waals surface area contributed by atoms with Crippen LogP contribution in [0.4, 0.5) is 0 Å². The molecular weight excluding hydrogens is 268 g/mol. The molecule has 1 aromatic rings. The minimum absolute atomic E-state index is 0.0160. The molecule has 1 aromatic carbocycles. The number of aliphatic hydroxyl groups excluding tert-OH is 2. The van der Waals surface area contributed by atoms with Gasteiger partial charge in [-0.05, 0) is 24.6 Å². The Labute approximate surface area is 112 Å². The molecule has 0 radical (unpaired) electrons. The monoisotopic (exact) mass is 284 g/mol. The van der Waals surface area contributed by atoms with E-state index in [1.54, 1.807) is 12.1 Å². The Hall–Kier alpha value is -1.46. The first-order chi connectivity index (χ1) is 8.87. The van der Waals surface area contributed by atoms with Crippen LogP contribution in [0.5, 0.6) is 0 Å². The van der Waals surface area contributed by atoms with Crippen LogP contribution in [0.2, 0.25) is 0 Å². The summed E-state index contributed by atoms with van der Waals surface area (Å²) < 4.78 is 26.3. The fraction of sp³-hybridized carbons (Fsp3) is 0.417. The third-order valence-corrected chi connectivity index (χ3v) is 4.25. The molecular formula is C12H16N2O4S. The molecule has 0 heterocycles. The zero-order valence-electron chi connectivity index (χ0n) is 10.5. The summed E-state index contributed by atoms with van der Waals surface area (Å²) in [5.74, 6) is 0. The first kappa shape index (κ1) is 15.6. The Morgan fingerprint density at radius 3 is 2.21 bits per heavy atom. The predicted octanol–water partition coefficient (Wildman–Crippen LogP) is -0.226. The van der Waals surface area contributed by atoms with Gasteiger partial charge >= 0.3 is 0 Å². The van der Waals surface area contributed by atoms with Crippen LogP contribution in [0, 0.1) is 11.3 Å². The van der Waals surface area contributed by atoms with E-state index >= 15 is 0 Å². The van der Waals surface area contributed by atoms with E-state index in [4.69, 9.17) is 15.5 Å². The van der Waals surface area contributed by atoms with Crippen LogP contribution in [-0.2, 0) is 16.4 Å². The van der Waals surface area contributed by atoms with Gasteiger partial charge in [-0.1, -0.05) is 12.1 Å². The summed E-state index contributed by atoms with van der Waals surface area (Å²) in [6.45, 7) is 0.360. The zero-order chi connectivity index (χ0) is 14.5. The molecule has 0 unspecified atom stereocenters. The summed E-state index contributed by atoms with van der Waals surface area (Å²) >= 11 is 0. The van der Waals surface area contributed by atoms with E-state index in [2.05, 4.69) is 4.72 Å². The molecule has 0 aliphatic heterocycles. The third kappa shape index (κ3) is 4.01. The van der Waals surface area contributed by atoms with Crippen LogP contribution >= 0.6 is 0 Å². The highest BCUT2D eigenvalue weighted by Crippen LogP contribution is 2.14. The summed E-state index contributed by atoms with van der Waals surface area (Å²) in [7, 11) is -3.83. The minimum atomic E-state index is -3.83. The number of hydrogen-bond donors (Lipinski definition) is 3. The molecule has 19 heavy (non-hydrogen) atoms. The molecule has 0 fully saturated rings. The van der Waals surface area contributed by atoms with Crippen molar-refractivity contribution < 1.29 is 18.6 Å². The van der Waals surface area contributed by atoms with Crippen LogP contribution in [0.1, 0.15) is 12.5 Å². The van der Waals surface area contributed by atoms with E-state index < -0.39 is 28.8 Å². The van der Waals surface area contributed by atoms with Gasteiger partial charge < -0.3 is 10.2 Å². The molecule has 0 saturated carbocycles. The SMILES string of the molecule is CC(CO)(CO)NS(=O)(=O)c1ccc(CC#N)cc1. The van der Waals surface area contributed by atoms with E-state index in [9.17, 15) is 8.42 Å². The second-order valence-corrected chi connectivity index (χ2v) is 6.14. The molecule has 0 aliphatic rings. The topological polar surface area (TPSA) is 110 Å². The van der Waals surface area contributed by atoms with E-state index in [-0.39, 0.29) is 11.3 Å². The molecule has 0 atom stereocenters. The quantitative estimate of drug-likeness (QED) is 0.668. The van der Waals surface area contributed by atoms with Crippen LogP contribution in [0.15, 0.2) is 29.2 Å². The molecule has 1 rings (SSSR count). The van der Waals surface area contributed by atoms with Gasteiger partial charge in [-0.15, -0.1) is 0 Å². The largest absolute Gasteiger partial charge is 0.394 e. The van der Waals surface area contributed by atoms with Gasteiger partial charge in [-0.3, -0.25) is 0 Å². The minimum Gasteiger partial charge on any atom is -0.394 e. The van der Waals surface area contributed by atoms with Gasteiger partial charge in [0.05, 0.1) is 36.1 Å². The van der Waals surface area contributed by atoms with E-state index in [1.807, 2.05) is 6.07 Å². The van der Waals surface area contributed by atoms with E-state index in [1.165, 1.54) is 19.1 Å². The predicted molar refractivity (Wildman–Crippen MR) is 68.7 cm³/mol. The van der Waals surface area contributed by atoms with E-state index in [0.29, 0.717) is 5.56 Å². The summed E-state index contributed by atoms with van der Waals surface area (Å²) in [6.07, 6.45) is 0.207. The Bertz CT molecular complexity index is 556. The smallest absolute Gasteiger partial charge is 0.241 e. The van der Waals surface area contributed by atoms with Gasteiger partial charge in [0.15, 0.2) is 0 Å². The number of rotatable bonds is 6. The lowest BCUT2D eigenvalue weighted by Gasteiger charge is -2.25. The highest BCUT2D eigenvalue weighted by Gasteiger charge is 2.29. The Balaban J connectivity index is 2.98. The maximum Gasteiger partial charge on any atom is 0.241 e. The molecule has 0 bridgehead atoms. The van der Waals surface area contributed by atoms with Crippen molar-refractivity contribution in [2.75, 3.05) is 13.2 Å². The van der Waals surface area contributed by atoms with Gasteiger partial charge in [0.25, 0.3) is 0 Å². The maximum absolute atomic E-state index is 12.0. The molecule has 0 amide bonds. The normalized spacial score (nSPS) is 12.1. The van der Waals surface area contributed by atoms with Crippen molar-refractivity contribution in [2.24, 2.45) is 0 Å². The van der Waals surface area contributed by atoms with Crippen molar-refractivity contribution in [3.63, 3.8) is 0 Å². The lowest BCUT2D eigenvalue weighted by atomic mass is 10.1. The van der Waals surface area contributed by atoms with Crippen LogP contribution in [-0.4, -0.2) is 37.4 Å². The number of benzene rings is 1. The number of nitrogens with one attached hydrogen (secondary N) is 1. The van der Waals surface area contributed by atoms with Crippen molar-refractivity contribution in [3.8, 4) is 6.07 Å². The lowest BCUT2D eigenvalue weighted by Crippen LogP contribution is -2.51. The van der Waals surface area contributed by atoms with Gasteiger partial charge in [0, 0.05) is 0 Å². The summed E-state index contributed by atoms with van der Waals surface area (Å²) in [5.41, 5.74) is -0.599. The highest BCUT2D eigenvalue weighted by molar-refractivity contribution is 7.89. The van der Waals surface area contributed by atoms with Crippen molar-refractivity contribution in [3.05, 3.63) is 29.8 Å². The Morgan fingerprint density at radius 2 is 1.79 bits per heavy atom. The third-order valence-electron chi connectivity index (χ3n) is 2.60. The molecule has 0 aromatic heterocycles. The second-order valence-electron chi connectivity index (χ2n) is 4.46. The second kappa shape index (κ2) is 6.12. The summed E-state index contributed by atoms with van der Waals surface area (Å²) in [4.78, 5) is 0.0160. The molecule has 3 N–H and O–H groups in total.